The van der Waals surface area contributed by atoms with Crippen LogP contribution in [0.1, 0.15) is 24.0 Å². The van der Waals surface area contributed by atoms with Crippen molar-refractivity contribution < 1.29 is 33.3 Å². The monoisotopic (exact) mass is 440 g/mol. The lowest BCUT2D eigenvalue weighted by Gasteiger charge is -2.17. The van der Waals surface area contributed by atoms with Crippen LogP contribution < -0.4 is 18.9 Å². The van der Waals surface area contributed by atoms with Gasteiger partial charge in [-0.05, 0) is 61.1 Å². The van der Waals surface area contributed by atoms with E-state index in [0.29, 0.717) is 42.4 Å². The molecular formula is C25H28O7. The van der Waals surface area contributed by atoms with Gasteiger partial charge in [-0.2, -0.15) is 0 Å². The number of cyclic esters (lactones) is 1. The van der Waals surface area contributed by atoms with Gasteiger partial charge in [-0.15, -0.1) is 0 Å². The molecule has 0 aromatic heterocycles. The summed E-state index contributed by atoms with van der Waals surface area (Å²) in [6, 6.07) is 11.2. The van der Waals surface area contributed by atoms with E-state index in [0.717, 1.165) is 24.0 Å². The fourth-order valence-corrected chi connectivity index (χ4v) is 4.05. The summed E-state index contributed by atoms with van der Waals surface area (Å²) in [4.78, 5) is 24.5. The van der Waals surface area contributed by atoms with Crippen LogP contribution in [0.3, 0.4) is 0 Å². The van der Waals surface area contributed by atoms with Crippen molar-refractivity contribution in [2.24, 2.45) is 17.8 Å². The average molecular weight is 440 g/mol. The van der Waals surface area contributed by atoms with Gasteiger partial charge >= 0.3 is 11.9 Å². The molecule has 1 heterocycles. The molecule has 170 valence electrons. The topological polar surface area (TPSA) is 80.3 Å². The zero-order valence-electron chi connectivity index (χ0n) is 18.6. The maximum absolute atomic E-state index is 12.5. The molecule has 0 bridgehead atoms. The molecule has 0 amide bonds. The first-order chi connectivity index (χ1) is 15.5. The van der Waals surface area contributed by atoms with Crippen LogP contribution in [0.15, 0.2) is 36.4 Å². The van der Waals surface area contributed by atoms with Crippen LogP contribution in [0.5, 0.6) is 23.0 Å². The van der Waals surface area contributed by atoms with E-state index in [1.54, 1.807) is 20.3 Å². The van der Waals surface area contributed by atoms with E-state index in [1.165, 1.54) is 7.11 Å². The zero-order valence-corrected chi connectivity index (χ0v) is 18.6. The van der Waals surface area contributed by atoms with Crippen molar-refractivity contribution in [2.45, 2.75) is 25.7 Å². The molecule has 0 unspecified atom stereocenters. The first-order valence-electron chi connectivity index (χ1n) is 10.8. The molecule has 2 atom stereocenters. The minimum atomic E-state index is -0.271. The largest absolute Gasteiger partial charge is 0.493 e. The standard InChI is InChI=1S/C25H28O7/c1-28-20-8-4-15(12-22(20)29-2)10-18-14-31-25(27)19(18)11-16-5-9-21(23(13-16)30-3)32-24(26)17-6-7-17/h4-5,8-9,12-13,17-19H,6-7,10-11,14H2,1-3H3/t18-,19+/m0/s1. The van der Waals surface area contributed by atoms with E-state index in [2.05, 4.69) is 0 Å². The molecule has 1 aliphatic heterocycles. The number of esters is 2. The Kier molecular flexibility index (Phi) is 6.53. The second kappa shape index (κ2) is 9.51. The Labute approximate surface area is 187 Å². The maximum Gasteiger partial charge on any atom is 0.314 e. The first-order valence-corrected chi connectivity index (χ1v) is 10.8. The van der Waals surface area contributed by atoms with Crippen molar-refractivity contribution in [3.05, 3.63) is 47.5 Å². The molecule has 1 aliphatic carbocycles. The number of carbonyl (C=O) groups is 2. The quantitative estimate of drug-likeness (QED) is 0.435. The molecule has 7 nitrogen and oxygen atoms in total. The van der Waals surface area contributed by atoms with Crippen molar-refractivity contribution in [2.75, 3.05) is 27.9 Å². The Morgan fingerprint density at radius 1 is 0.875 bits per heavy atom. The Balaban J connectivity index is 1.47. The summed E-state index contributed by atoms with van der Waals surface area (Å²) in [5, 5.41) is 0. The van der Waals surface area contributed by atoms with Gasteiger partial charge < -0.3 is 23.7 Å². The van der Waals surface area contributed by atoms with Crippen LogP contribution in [0.4, 0.5) is 0 Å². The lowest BCUT2D eigenvalue weighted by Crippen LogP contribution is -2.20. The van der Waals surface area contributed by atoms with Crippen LogP contribution in [0.2, 0.25) is 0 Å². The number of methoxy groups -OCH3 is 3. The number of hydrogen-bond acceptors (Lipinski definition) is 7. The molecule has 2 aromatic carbocycles. The minimum absolute atomic E-state index is 0.00461. The van der Waals surface area contributed by atoms with E-state index < -0.39 is 0 Å². The lowest BCUT2D eigenvalue weighted by molar-refractivity contribution is -0.141. The van der Waals surface area contributed by atoms with Crippen LogP contribution in [0, 0.1) is 17.8 Å². The van der Waals surface area contributed by atoms with E-state index in [1.807, 2.05) is 30.3 Å². The second-order valence-corrected chi connectivity index (χ2v) is 8.27. The Hall–Kier alpha value is -3.22. The fraction of sp³-hybridized carbons (Fsp3) is 0.440. The molecule has 2 aromatic rings. The lowest BCUT2D eigenvalue weighted by atomic mass is 9.85. The van der Waals surface area contributed by atoms with Gasteiger partial charge in [0.1, 0.15) is 0 Å². The second-order valence-electron chi connectivity index (χ2n) is 8.27. The van der Waals surface area contributed by atoms with E-state index in [-0.39, 0.29) is 29.7 Å². The summed E-state index contributed by atoms with van der Waals surface area (Å²) >= 11 is 0. The highest BCUT2D eigenvalue weighted by Crippen LogP contribution is 2.36. The molecule has 1 saturated carbocycles. The van der Waals surface area contributed by atoms with Crippen molar-refractivity contribution in [3.63, 3.8) is 0 Å². The Morgan fingerprint density at radius 2 is 1.47 bits per heavy atom. The third-order valence-electron chi connectivity index (χ3n) is 6.06. The number of rotatable bonds is 9. The number of carbonyl (C=O) groups excluding carboxylic acids is 2. The predicted molar refractivity (Wildman–Crippen MR) is 116 cm³/mol. The van der Waals surface area contributed by atoms with Crippen molar-refractivity contribution >= 4 is 11.9 Å². The smallest absolute Gasteiger partial charge is 0.314 e. The van der Waals surface area contributed by atoms with Gasteiger partial charge in [0.05, 0.1) is 39.8 Å². The normalized spacial score (nSPS) is 19.9. The summed E-state index contributed by atoms with van der Waals surface area (Å²) in [6.07, 6.45) is 2.96. The maximum atomic E-state index is 12.5. The third-order valence-corrected chi connectivity index (χ3v) is 6.06. The van der Waals surface area contributed by atoms with Crippen molar-refractivity contribution in [3.8, 4) is 23.0 Å². The molecule has 4 rings (SSSR count). The molecule has 32 heavy (non-hydrogen) atoms. The van der Waals surface area contributed by atoms with Gasteiger partial charge in [0, 0.05) is 5.92 Å². The number of benzene rings is 2. The molecular weight excluding hydrogens is 412 g/mol. The summed E-state index contributed by atoms with van der Waals surface area (Å²) in [7, 11) is 4.74. The summed E-state index contributed by atoms with van der Waals surface area (Å²) in [5.74, 6) is 1.58. The van der Waals surface area contributed by atoms with Crippen molar-refractivity contribution in [1.29, 1.82) is 0 Å². The molecule has 0 radical (unpaired) electrons. The van der Waals surface area contributed by atoms with E-state index in [4.69, 9.17) is 23.7 Å². The van der Waals surface area contributed by atoms with Crippen molar-refractivity contribution in [1.82, 2.24) is 0 Å². The van der Waals surface area contributed by atoms with E-state index >= 15 is 0 Å². The average Bonchev–Trinajstić information content (AvgIpc) is 3.61. The van der Waals surface area contributed by atoms with Crippen LogP contribution in [0.25, 0.3) is 0 Å². The van der Waals surface area contributed by atoms with E-state index in [9.17, 15) is 9.59 Å². The summed E-state index contributed by atoms with van der Waals surface area (Å²) < 4.78 is 27.0. The van der Waals surface area contributed by atoms with Crippen LogP contribution in [-0.4, -0.2) is 39.9 Å². The highest BCUT2D eigenvalue weighted by Gasteiger charge is 2.37. The summed E-state index contributed by atoms with van der Waals surface area (Å²) in [6.45, 7) is 0.381. The van der Waals surface area contributed by atoms with Crippen LogP contribution in [-0.2, 0) is 27.2 Å². The Bertz CT molecular complexity index is 996. The first kappa shape index (κ1) is 22.0. The van der Waals surface area contributed by atoms with Gasteiger partial charge in [-0.25, -0.2) is 0 Å². The minimum Gasteiger partial charge on any atom is -0.493 e. The van der Waals surface area contributed by atoms with Gasteiger partial charge in [0.15, 0.2) is 23.0 Å². The van der Waals surface area contributed by atoms with Crippen LogP contribution >= 0.6 is 0 Å². The Morgan fingerprint density at radius 3 is 2.09 bits per heavy atom. The molecule has 7 heteroatoms. The predicted octanol–water partition coefficient (Wildman–Crippen LogP) is 3.60. The SMILES string of the molecule is COc1ccc(C[C@H]2COC(=O)[C@@H]2Cc2ccc(OC(=O)C3CC3)c(OC)c2)cc1OC. The van der Waals surface area contributed by atoms with Gasteiger partial charge in [0.2, 0.25) is 0 Å². The fourth-order valence-electron chi connectivity index (χ4n) is 4.05. The zero-order chi connectivity index (χ0) is 22.7. The highest BCUT2D eigenvalue weighted by molar-refractivity contribution is 5.78. The van der Waals surface area contributed by atoms with Gasteiger partial charge in [0.25, 0.3) is 0 Å². The molecule has 1 saturated heterocycles. The summed E-state index contributed by atoms with van der Waals surface area (Å²) in [5.41, 5.74) is 1.98. The van der Waals surface area contributed by atoms with Gasteiger partial charge in [-0.3, -0.25) is 9.59 Å². The highest BCUT2D eigenvalue weighted by atomic mass is 16.6. The molecule has 2 aliphatic rings. The number of ether oxygens (including phenoxy) is 5. The molecule has 0 N–H and O–H groups in total. The molecule has 2 fully saturated rings. The number of hydrogen-bond donors (Lipinski definition) is 0. The molecule has 0 spiro atoms. The van der Waals surface area contributed by atoms with Gasteiger partial charge in [-0.1, -0.05) is 12.1 Å². The third kappa shape index (κ3) is 4.82.